The molecule has 4 heteroatoms. The molecule has 21 heavy (non-hydrogen) atoms. The van der Waals surface area contributed by atoms with Crippen LogP contribution >= 0.6 is 0 Å². The number of rotatable bonds is 3. The Balaban J connectivity index is 2.00. The van der Waals surface area contributed by atoms with Crippen LogP contribution in [0.4, 0.5) is 0 Å². The van der Waals surface area contributed by atoms with E-state index >= 15 is 0 Å². The Kier molecular flexibility index (Phi) is 3.28. The average Bonchev–Trinajstić information content (AvgIpc) is 2.84. The lowest BCUT2D eigenvalue weighted by molar-refractivity contribution is 0.0715. The predicted molar refractivity (Wildman–Crippen MR) is 77.2 cm³/mol. The van der Waals surface area contributed by atoms with Gasteiger partial charge in [0.2, 0.25) is 0 Å². The molecule has 2 aromatic carbocycles. The first-order valence-corrected chi connectivity index (χ1v) is 6.41. The number of fused-ring (bicyclic) bond motifs is 1. The molecule has 0 radical (unpaired) electrons. The Morgan fingerprint density at radius 2 is 1.71 bits per heavy atom. The number of methoxy groups -OCH3 is 1. The molecule has 0 spiro atoms. The van der Waals surface area contributed by atoms with Gasteiger partial charge < -0.3 is 9.47 Å². The van der Waals surface area contributed by atoms with Gasteiger partial charge in [-0.1, -0.05) is 30.3 Å². The monoisotopic (exact) mass is 280 g/mol. The van der Waals surface area contributed by atoms with Crippen LogP contribution in [0.1, 0.15) is 26.3 Å². The molecule has 0 unspecified atom stereocenters. The molecule has 3 rings (SSSR count). The zero-order valence-corrected chi connectivity index (χ0v) is 11.3. The second-order valence-corrected chi connectivity index (χ2v) is 4.51. The minimum absolute atomic E-state index is 0.270. The van der Waals surface area contributed by atoms with E-state index in [2.05, 4.69) is 0 Å². The van der Waals surface area contributed by atoms with Crippen LogP contribution in [0.5, 0.6) is 5.75 Å². The van der Waals surface area contributed by atoms with E-state index in [4.69, 9.17) is 9.47 Å². The molecule has 4 nitrogen and oxygen atoms in total. The predicted octanol–water partition coefficient (Wildman–Crippen LogP) is 3.09. The first-order chi connectivity index (χ1) is 10.2. The summed E-state index contributed by atoms with van der Waals surface area (Å²) in [6.07, 6.45) is 1.32. The van der Waals surface area contributed by atoms with E-state index < -0.39 is 5.97 Å². The van der Waals surface area contributed by atoms with Crippen LogP contribution < -0.4 is 4.74 Å². The smallest absolute Gasteiger partial charge is 0.344 e. The fraction of sp³-hybridized carbons (Fsp3) is 0.0588. The molecule has 0 aromatic heterocycles. The van der Waals surface area contributed by atoms with Crippen molar-refractivity contribution >= 4 is 17.5 Å². The van der Waals surface area contributed by atoms with Gasteiger partial charge in [0.15, 0.2) is 5.78 Å². The number of hydrogen-bond acceptors (Lipinski definition) is 4. The number of benzene rings is 2. The number of esters is 1. The van der Waals surface area contributed by atoms with Crippen LogP contribution in [-0.4, -0.2) is 18.9 Å². The first kappa shape index (κ1) is 13.1. The highest BCUT2D eigenvalue weighted by atomic mass is 16.5. The molecule has 0 amide bonds. The fourth-order valence-corrected chi connectivity index (χ4v) is 2.24. The zero-order valence-electron chi connectivity index (χ0n) is 11.3. The van der Waals surface area contributed by atoms with E-state index in [-0.39, 0.29) is 11.5 Å². The SMILES string of the molecule is COc1ccccc1C(=O)C=C1OC(=O)c2ccccc21. The van der Waals surface area contributed by atoms with E-state index in [1.165, 1.54) is 13.2 Å². The van der Waals surface area contributed by atoms with Crippen molar-refractivity contribution in [2.45, 2.75) is 0 Å². The van der Waals surface area contributed by atoms with E-state index in [1.54, 1.807) is 48.5 Å². The van der Waals surface area contributed by atoms with Gasteiger partial charge in [-0.2, -0.15) is 0 Å². The number of cyclic esters (lactones) is 1. The maximum absolute atomic E-state index is 12.3. The van der Waals surface area contributed by atoms with Gasteiger partial charge in [-0.05, 0) is 18.2 Å². The molecule has 0 N–H and O–H groups in total. The third kappa shape index (κ3) is 2.31. The second kappa shape index (κ2) is 5.25. The molecular formula is C17H12O4. The molecule has 1 aliphatic rings. The number of allylic oxidation sites excluding steroid dienone is 1. The quantitative estimate of drug-likeness (QED) is 0.492. The van der Waals surface area contributed by atoms with Gasteiger partial charge in [-0.3, -0.25) is 4.79 Å². The molecule has 1 heterocycles. The number of ketones is 1. The summed E-state index contributed by atoms with van der Waals surface area (Å²) in [6.45, 7) is 0. The second-order valence-electron chi connectivity index (χ2n) is 4.51. The molecule has 0 fully saturated rings. The van der Waals surface area contributed by atoms with Gasteiger partial charge in [0.05, 0.1) is 18.2 Å². The standard InChI is InChI=1S/C17H12O4/c1-20-15-9-5-4-8-13(15)14(18)10-16-11-6-2-3-7-12(11)17(19)21-16/h2-10H,1H3. The molecule has 2 aromatic rings. The number of carbonyl (C=O) groups is 2. The highest BCUT2D eigenvalue weighted by Crippen LogP contribution is 2.30. The van der Waals surface area contributed by atoms with Crippen LogP contribution in [-0.2, 0) is 4.74 Å². The number of para-hydroxylation sites is 1. The number of hydrogen-bond donors (Lipinski definition) is 0. The summed E-state index contributed by atoms with van der Waals surface area (Å²) in [5.74, 6) is 0.0418. The van der Waals surface area contributed by atoms with Crippen LogP contribution in [0.15, 0.2) is 54.6 Å². The Labute approximate surface area is 121 Å². The highest BCUT2D eigenvalue weighted by Gasteiger charge is 2.26. The summed E-state index contributed by atoms with van der Waals surface area (Å²) in [4.78, 5) is 24.1. The van der Waals surface area contributed by atoms with Crippen LogP contribution in [0.25, 0.3) is 5.76 Å². The van der Waals surface area contributed by atoms with Gasteiger partial charge in [-0.25, -0.2) is 4.79 Å². The number of carbonyl (C=O) groups excluding carboxylic acids is 2. The Morgan fingerprint density at radius 3 is 2.48 bits per heavy atom. The molecular weight excluding hydrogens is 268 g/mol. The molecule has 1 aliphatic heterocycles. The van der Waals surface area contributed by atoms with E-state index in [0.717, 1.165) is 0 Å². The van der Waals surface area contributed by atoms with E-state index in [1.807, 2.05) is 0 Å². The summed E-state index contributed by atoms with van der Waals surface area (Å²) in [5, 5.41) is 0. The maximum Gasteiger partial charge on any atom is 0.344 e. The van der Waals surface area contributed by atoms with Gasteiger partial charge in [0, 0.05) is 11.6 Å². The van der Waals surface area contributed by atoms with Crippen LogP contribution in [0.2, 0.25) is 0 Å². The van der Waals surface area contributed by atoms with E-state index in [9.17, 15) is 9.59 Å². The highest BCUT2D eigenvalue weighted by molar-refractivity contribution is 6.13. The van der Waals surface area contributed by atoms with Crippen molar-refractivity contribution in [1.82, 2.24) is 0 Å². The third-order valence-corrected chi connectivity index (χ3v) is 3.25. The topological polar surface area (TPSA) is 52.6 Å². The van der Waals surface area contributed by atoms with Gasteiger partial charge in [0.1, 0.15) is 11.5 Å². The molecule has 0 aliphatic carbocycles. The van der Waals surface area contributed by atoms with Crippen molar-refractivity contribution in [2.24, 2.45) is 0 Å². The van der Waals surface area contributed by atoms with Crippen molar-refractivity contribution < 1.29 is 19.1 Å². The lowest BCUT2D eigenvalue weighted by Gasteiger charge is -2.05. The molecule has 0 bridgehead atoms. The maximum atomic E-state index is 12.3. The Bertz CT molecular complexity index is 759. The van der Waals surface area contributed by atoms with Gasteiger partial charge >= 0.3 is 5.97 Å². The molecule has 0 saturated heterocycles. The largest absolute Gasteiger partial charge is 0.496 e. The van der Waals surface area contributed by atoms with Crippen molar-refractivity contribution in [2.75, 3.05) is 7.11 Å². The Hall–Kier alpha value is -2.88. The average molecular weight is 280 g/mol. The van der Waals surface area contributed by atoms with Crippen LogP contribution in [0, 0.1) is 0 Å². The molecule has 104 valence electrons. The van der Waals surface area contributed by atoms with Crippen molar-refractivity contribution in [1.29, 1.82) is 0 Å². The summed E-state index contributed by atoms with van der Waals surface area (Å²) in [5.41, 5.74) is 1.52. The Morgan fingerprint density at radius 1 is 1.05 bits per heavy atom. The van der Waals surface area contributed by atoms with Gasteiger partial charge in [0.25, 0.3) is 0 Å². The molecule has 0 saturated carbocycles. The molecule has 0 atom stereocenters. The summed E-state index contributed by atoms with van der Waals surface area (Å²) >= 11 is 0. The zero-order chi connectivity index (χ0) is 14.8. The first-order valence-electron chi connectivity index (χ1n) is 6.41. The van der Waals surface area contributed by atoms with Crippen molar-refractivity contribution in [3.63, 3.8) is 0 Å². The minimum atomic E-state index is -0.440. The van der Waals surface area contributed by atoms with Crippen LogP contribution in [0.3, 0.4) is 0 Å². The van der Waals surface area contributed by atoms with Gasteiger partial charge in [-0.15, -0.1) is 0 Å². The normalized spacial score (nSPS) is 14.7. The summed E-state index contributed by atoms with van der Waals surface area (Å²) < 4.78 is 10.3. The van der Waals surface area contributed by atoms with Crippen molar-refractivity contribution in [3.05, 3.63) is 71.3 Å². The lowest BCUT2D eigenvalue weighted by atomic mass is 10.1. The number of ether oxygens (including phenoxy) is 2. The van der Waals surface area contributed by atoms with Crippen molar-refractivity contribution in [3.8, 4) is 5.75 Å². The summed E-state index contributed by atoms with van der Waals surface area (Å²) in [7, 11) is 1.50. The van der Waals surface area contributed by atoms with E-state index in [0.29, 0.717) is 22.4 Å². The lowest BCUT2D eigenvalue weighted by Crippen LogP contribution is -2.00. The third-order valence-electron chi connectivity index (χ3n) is 3.25. The fourth-order valence-electron chi connectivity index (χ4n) is 2.24. The summed E-state index contributed by atoms with van der Waals surface area (Å²) in [6, 6.07) is 13.9. The minimum Gasteiger partial charge on any atom is -0.496 e.